The van der Waals surface area contributed by atoms with Crippen molar-refractivity contribution in [2.75, 3.05) is 13.7 Å². The Balaban J connectivity index is 1.95. The molecule has 0 spiro atoms. The first kappa shape index (κ1) is 19.0. The first-order valence-electron chi connectivity index (χ1n) is 8.85. The number of nitrogens with zero attached hydrogens (tertiary/aromatic N) is 1. The number of carbonyl (C=O) groups excluding carboxylic acids is 2. The molecule has 1 aromatic carbocycles. The fourth-order valence-electron chi connectivity index (χ4n) is 2.89. The van der Waals surface area contributed by atoms with Crippen molar-refractivity contribution >= 4 is 11.9 Å². The Bertz CT molecular complexity index is 658. The molecular formula is C21H27NO3. The molecule has 1 saturated heterocycles. The predicted molar refractivity (Wildman–Crippen MR) is 99.4 cm³/mol. The third-order valence-electron chi connectivity index (χ3n) is 4.66. The van der Waals surface area contributed by atoms with Gasteiger partial charge in [0.05, 0.1) is 18.7 Å². The van der Waals surface area contributed by atoms with E-state index in [1.165, 1.54) is 12.7 Å². The van der Waals surface area contributed by atoms with Gasteiger partial charge in [-0.15, -0.1) is 0 Å². The molecule has 1 fully saturated rings. The van der Waals surface area contributed by atoms with Gasteiger partial charge in [-0.25, -0.2) is 4.79 Å². The zero-order valence-corrected chi connectivity index (χ0v) is 15.3. The van der Waals surface area contributed by atoms with Crippen LogP contribution in [0.5, 0.6) is 0 Å². The molecule has 1 aliphatic heterocycles. The summed E-state index contributed by atoms with van der Waals surface area (Å²) in [4.78, 5) is 25.6. The summed E-state index contributed by atoms with van der Waals surface area (Å²) < 4.78 is 4.70. The Morgan fingerprint density at radius 3 is 2.68 bits per heavy atom. The van der Waals surface area contributed by atoms with Crippen LogP contribution in [0.25, 0.3) is 0 Å². The Kier molecular flexibility index (Phi) is 6.99. The number of allylic oxidation sites excluding steroid dienone is 3. The van der Waals surface area contributed by atoms with Gasteiger partial charge in [0.1, 0.15) is 0 Å². The number of amides is 1. The first-order valence-corrected chi connectivity index (χ1v) is 8.85. The number of esters is 1. The molecule has 1 heterocycles. The van der Waals surface area contributed by atoms with Gasteiger partial charge in [-0.1, -0.05) is 42.9 Å². The molecule has 0 aliphatic carbocycles. The number of ether oxygens (including phenoxy) is 1. The van der Waals surface area contributed by atoms with Gasteiger partial charge in [-0.05, 0) is 43.9 Å². The molecule has 0 radical (unpaired) electrons. The van der Waals surface area contributed by atoms with Crippen molar-refractivity contribution in [2.45, 2.75) is 45.6 Å². The van der Waals surface area contributed by atoms with Gasteiger partial charge in [0, 0.05) is 13.0 Å². The second-order valence-electron chi connectivity index (χ2n) is 6.38. The molecule has 0 N–H and O–H groups in total. The Labute approximate surface area is 150 Å². The maximum absolute atomic E-state index is 12.2. The van der Waals surface area contributed by atoms with Gasteiger partial charge in [-0.2, -0.15) is 0 Å². The molecule has 2 rings (SSSR count). The highest BCUT2D eigenvalue weighted by atomic mass is 16.5. The van der Waals surface area contributed by atoms with Gasteiger partial charge in [-0.3, -0.25) is 4.79 Å². The van der Waals surface area contributed by atoms with Gasteiger partial charge in [0.15, 0.2) is 0 Å². The number of carbonyl (C=O) groups is 2. The Morgan fingerprint density at radius 2 is 2.04 bits per heavy atom. The van der Waals surface area contributed by atoms with E-state index < -0.39 is 0 Å². The van der Waals surface area contributed by atoms with Crippen LogP contribution in [0.2, 0.25) is 0 Å². The number of hydrogen-bond acceptors (Lipinski definition) is 3. The van der Waals surface area contributed by atoms with Crippen LogP contribution in [0, 0.1) is 0 Å². The zero-order valence-electron chi connectivity index (χ0n) is 15.3. The van der Waals surface area contributed by atoms with Crippen molar-refractivity contribution in [3.8, 4) is 0 Å². The van der Waals surface area contributed by atoms with E-state index >= 15 is 0 Å². The minimum atomic E-state index is -0.332. The number of hydrogen-bond donors (Lipinski definition) is 0. The van der Waals surface area contributed by atoms with E-state index in [1.54, 1.807) is 12.1 Å². The van der Waals surface area contributed by atoms with Gasteiger partial charge in [0.25, 0.3) is 0 Å². The maximum Gasteiger partial charge on any atom is 0.337 e. The maximum atomic E-state index is 12.2. The van der Waals surface area contributed by atoms with Crippen molar-refractivity contribution in [2.24, 2.45) is 0 Å². The van der Waals surface area contributed by atoms with Crippen LogP contribution < -0.4 is 0 Å². The standard InChI is InChI=1S/C21H27NO3/c1-4-16(2)6-5-7-19-12-13-20(23)22(19)15-14-17-8-10-18(11-9-17)21(24)25-3/h5-11,19H,4,12-15H2,1-3H3/b7-5+,16-6+/t19-/m0/s1. The lowest BCUT2D eigenvalue weighted by atomic mass is 10.1. The van der Waals surface area contributed by atoms with Gasteiger partial charge >= 0.3 is 5.97 Å². The van der Waals surface area contributed by atoms with E-state index in [0.29, 0.717) is 18.5 Å². The van der Waals surface area contributed by atoms with Gasteiger partial charge < -0.3 is 9.64 Å². The van der Waals surface area contributed by atoms with E-state index in [4.69, 9.17) is 4.74 Å². The quantitative estimate of drug-likeness (QED) is 0.558. The minimum absolute atomic E-state index is 0.183. The molecule has 4 heteroatoms. The Hall–Kier alpha value is -2.36. The van der Waals surface area contributed by atoms with E-state index in [2.05, 4.69) is 32.1 Å². The molecule has 1 aliphatic rings. The molecule has 0 saturated carbocycles. The van der Waals surface area contributed by atoms with Crippen LogP contribution in [0.1, 0.15) is 49.0 Å². The van der Waals surface area contributed by atoms with E-state index in [-0.39, 0.29) is 17.9 Å². The number of methoxy groups -OCH3 is 1. The van der Waals surface area contributed by atoms with Crippen molar-refractivity contribution in [3.63, 3.8) is 0 Å². The average molecular weight is 341 g/mol. The normalized spacial score (nSPS) is 18.2. The monoisotopic (exact) mass is 341 g/mol. The summed E-state index contributed by atoms with van der Waals surface area (Å²) in [5.74, 6) is -0.112. The topological polar surface area (TPSA) is 46.6 Å². The van der Waals surface area contributed by atoms with E-state index in [1.807, 2.05) is 17.0 Å². The van der Waals surface area contributed by atoms with Crippen LogP contribution in [0.4, 0.5) is 0 Å². The number of likely N-dealkylation sites (tertiary alicyclic amines) is 1. The largest absolute Gasteiger partial charge is 0.465 e. The zero-order chi connectivity index (χ0) is 18.2. The number of benzene rings is 1. The summed E-state index contributed by atoms with van der Waals surface area (Å²) in [7, 11) is 1.38. The Morgan fingerprint density at radius 1 is 1.32 bits per heavy atom. The summed E-state index contributed by atoms with van der Waals surface area (Å²) in [5, 5.41) is 0. The van der Waals surface area contributed by atoms with Crippen molar-refractivity contribution in [3.05, 3.63) is 59.2 Å². The fraction of sp³-hybridized carbons (Fsp3) is 0.429. The highest BCUT2D eigenvalue weighted by Crippen LogP contribution is 2.20. The summed E-state index contributed by atoms with van der Waals surface area (Å²) in [5.41, 5.74) is 2.98. The summed E-state index contributed by atoms with van der Waals surface area (Å²) in [6.07, 6.45) is 9.64. The predicted octanol–water partition coefficient (Wildman–Crippen LogP) is 3.92. The fourth-order valence-corrected chi connectivity index (χ4v) is 2.89. The second kappa shape index (κ2) is 9.21. The van der Waals surface area contributed by atoms with Gasteiger partial charge in [0.2, 0.25) is 5.91 Å². The van der Waals surface area contributed by atoms with Crippen LogP contribution >= 0.6 is 0 Å². The summed E-state index contributed by atoms with van der Waals surface area (Å²) >= 11 is 0. The van der Waals surface area contributed by atoms with Crippen molar-refractivity contribution < 1.29 is 14.3 Å². The molecule has 1 atom stereocenters. The van der Waals surface area contributed by atoms with E-state index in [9.17, 15) is 9.59 Å². The minimum Gasteiger partial charge on any atom is -0.465 e. The highest BCUT2D eigenvalue weighted by Gasteiger charge is 2.28. The molecule has 0 bridgehead atoms. The van der Waals surface area contributed by atoms with Crippen molar-refractivity contribution in [1.82, 2.24) is 4.90 Å². The SMILES string of the molecule is CC/C(C)=C/C=C/[C@H]1CCC(=O)N1CCc1ccc(C(=O)OC)cc1. The lowest BCUT2D eigenvalue weighted by molar-refractivity contribution is -0.128. The molecule has 4 nitrogen and oxygen atoms in total. The molecule has 0 unspecified atom stereocenters. The molecule has 0 aromatic heterocycles. The smallest absolute Gasteiger partial charge is 0.337 e. The molecule has 134 valence electrons. The highest BCUT2D eigenvalue weighted by molar-refractivity contribution is 5.89. The second-order valence-corrected chi connectivity index (χ2v) is 6.38. The lowest BCUT2D eigenvalue weighted by Gasteiger charge is -2.22. The van der Waals surface area contributed by atoms with Crippen LogP contribution in [0.3, 0.4) is 0 Å². The first-order chi connectivity index (χ1) is 12.0. The average Bonchev–Trinajstić information content (AvgIpc) is 2.99. The molecular weight excluding hydrogens is 314 g/mol. The van der Waals surface area contributed by atoms with Crippen LogP contribution in [-0.2, 0) is 16.0 Å². The van der Waals surface area contributed by atoms with Crippen LogP contribution in [-0.4, -0.2) is 36.5 Å². The van der Waals surface area contributed by atoms with E-state index in [0.717, 1.165) is 24.8 Å². The third-order valence-corrected chi connectivity index (χ3v) is 4.66. The molecule has 1 aromatic rings. The van der Waals surface area contributed by atoms with Crippen molar-refractivity contribution in [1.29, 1.82) is 0 Å². The lowest BCUT2D eigenvalue weighted by Crippen LogP contribution is -2.33. The molecule has 25 heavy (non-hydrogen) atoms. The van der Waals surface area contributed by atoms with Crippen LogP contribution in [0.15, 0.2) is 48.1 Å². The summed E-state index contributed by atoms with van der Waals surface area (Å²) in [6, 6.07) is 7.56. The molecule has 1 amide bonds. The number of rotatable bonds is 7. The third kappa shape index (κ3) is 5.31. The summed E-state index contributed by atoms with van der Waals surface area (Å²) in [6.45, 7) is 4.94.